The van der Waals surface area contributed by atoms with Crippen LogP contribution < -0.4 is 5.32 Å². The first-order chi connectivity index (χ1) is 12.3. The van der Waals surface area contributed by atoms with Gasteiger partial charge in [0.15, 0.2) is 0 Å². The number of nitrogens with one attached hydrogen (secondary N) is 1. The maximum atomic E-state index is 12.7. The van der Waals surface area contributed by atoms with Crippen LogP contribution in [0.15, 0.2) is 30.4 Å². The summed E-state index contributed by atoms with van der Waals surface area (Å²) in [6.07, 6.45) is 4.06. The number of benzene rings is 1. The zero-order chi connectivity index (χ0) is 19.3. The maximum absolute atomic E-state index is 12.7. The van der Waals surface area contributed by atoms with Gasteiger partial charge in [-0.2, -0.15) is 0 Å². The van der Waals surface area contributed by atoms with E-state index in [2.05, 4.69) is 10.1 Å². The van der Waals surface area contributed by atoms with Gasteiger partial charge < -0.3 is 15.2 Å². The molecule has 0 spiro atoms. The normalized spacial score (nSPS) is 20.3. The maximum Gasteiger partial charge on any atom is 0.307 e. The van der Waals surface area contributed by atoms with Crippen LogP contribution >= 0.6 is 23.2 Å². The first-order valence-corrected chi connectivity index (χ1v) is 8.79. The topological polar surface area (TPSA) is 92.7 Å². The number of methoxy groups -OCH3 is 1. The molecule has 1 aliphatic carbocycles. The van der Waals surface area contributed by atoms with E-state index in [0.29, 0.717) is 23.4 Å². The SMILES string of the molecule is COC(=O)C[C@H](NC(=O)[C@@H]1CC=CC[C@H]1C(=O)O)c1ccc(Cl)c(Cl)c1. The molecule has 2 rings (SSSR count). The largest absolute Gasteiger partial charge is 0.481 e. The highest BCUT2D eigenvalue weighted by atomic mass is 35.5. The van der Waals surface area contributed by atoms with E-state index >= 15 is 0 Å². The van der Waals surface area contributed by atoms with Crippen molar-refractivity contribution in [3.63, 3.8) is 0 Å². The zero-order valence-electron chi connectivity index (χ0n) is 14.1. The lowest BCUT2D eigenvalue weighted by Gasteiger charge is -2.27. The smallest absolute Gasteiger partial charge is 0.307 e. The number of amides is 1. The fourth-order valence-corrected chi connectivity index (χ4v) is 3.19. The van der Waals surface area contributed by atoms with Crippen molar-refractivity contribution in [1.82, 2.24) is 5.32 Å². The molecule has 0 aromatic heterocycles. The van der Waals surface area contributed by atoms with E-state index in [1.54, 1.807) is 30.4 Å². The summed E-state index contributed by atoms with van der Waals surface area (Å²) in [5, 5.41) is 12.7. The van der Waals surface area contributed by atoms with Gasteiger partial charge >= 0.3 is 11.9 Å². The number of aliphatic carboxylic acids is 1. The van der Waals surface area contributed by atoms with Crippen LogP contribution in [-0.2, 0) is 19.1 Å². The second-order valence-electron chi connectivity index (χ2n) is 6.01. The Morgan fingerprint density at radius 3 is 2.42 bits per heavy atom. The Balaban J connectivity index is 2.23. The fourth-order valence-electron chi connectivity index (χ4n) is 2.89. The first kappa shape index (κ1) is 20.3. The van der Waals surface area contributed by atoms with Crippen molar-refractivity contribution in [2.24, 2.45) is 11.8 Å². The molecule has 0 saturated carbocycles. The van der Waals surface area contributed by atoms with Gasteiger partial charge in [-0.15, -0.1) is 0 Å². The van der Waals surface area contributed by atoms with E-state index < -0.39 is 35.7 Å². The van der Waals surface area contributed by atoms with Crippen LogP contribution in [0.3, 0.4) is 0 Å². The molecule has 3 atom stereocenters. The van der Waals surface area contributed by atoms with Gasteiger partial charge in [-0.3, -0.25) is 14.4 Å². The van der Waals surface area contributed by atoms with Crippen molar-refractivity contribution in [3.05, 3.63) is 46.0 Å². The van der Waals surface area contributed by atoms with Gasteiger partial charge in [0, 0.05) is 0 Å². The Kier molecular flexibility index (Phi) is 7.06. The van der Waals surface area contributed by atoms with Crippen molar-refractivity contribution in [3.8, 4) is 0 Å². The molecular weight excluding hydrogens is 381 g/mol. The third kappa shape index (κ3) is 4.99. The summed E-state index contributed by atoms with van der Waals surface area (Å²) in [6.45, 7) is 0. The predicted molar refractivity (Wildman–Crippen MR) is 97.0 cm³/mol. The molecule has 1 amide bonds. The number of hydrogen-bond acceptors (Lipinski definition) is 4. The van der Waals surface area contributed by atoms with Crippen molar-refractivity contribution >= 4 is 41.0 Å². The van der Waals surface area contributed by atoms with Crippen LogP contribution in [0.1, 0.15) is 30.9 Å². The Labute approximate surface area is 161 Å². The molecule has 1 aromatic carbocycles. The zero-order valence-corrected chi connectivity index (χ0v) is 15.6. The summed E-state index contributed by atoms with van der Waals surface area (Å²) >= 11 is 11.9. The number of esters is 1. The van der Waals surface area contributed by atoms with Crippen LogP contribution in [0.5, 0.6) is 0 Å². The standard InChI is InChI=1S/C18H19Cl2NO5/c1-26-16(22)9-15(10-6-7-13(19)14(20)8-10)21-17(23)11-4-2-3-5-12(11)18(24)25/h2-3,6-8,11-12,15H,4-5,9H2,1H3,(H,21,23)(H,24,25)/t11-,12-,15+/m1/s1. The molecule has 0 aliphatic heterocycles. The molecule has 140 valence electrons. The Morgan fingerprint density at radius 1 is 1.19 bits per heavy atom. The van der Waals surface area contributed by atoms with Crippen molar-refractivity contribution < 1.29 is 24.2 Å². The summed E-state index contributed by atoms with van der Waals surface area (Å²) < 4.78 is 4.69. The van der Waals surface area contributed by atoms with Crippen LogP contribution in [0.2, 0.25) is 10.0 Å². The molecule has 8 heteroatoms. The van der Waals surface area contributed by atoms with E-state index in [1.165, 1.54) is 7.11 Å². The quantitative estimate of drug-likeness (QED) is 0.564. The minimum atomic E-state index is -1.02. The molecule has 6 nitrogen and oxygen atoms in total. The average molecular weight is 400 g/mol. The van der Waals surface area contributed by atoms with Gasteiger partial charge in [0.05, 0.1) is 41.5 Å². The number of allylic oxidation sites excluding steroid dienone is 2. The van der Waals surface area contributed by atoms with Crippen LogP contribution in [-0.4, -0.2) is 30.1 Å². The Morgan fingerprint density at radius 2 is 1.85 bits per heavy atom. The number of rotatable bonds is 6. The molecule has 0 saturated heterocycles. The number of halogens is 2. The van der Waals surface area contributed by atoms with Gasteiger partial charge in [0.1, 0.15) is 0 Å². The van der Waals surface area contributed by atoms with Gasteiger partial charge in [-0.05, 0) is 30.5 Å². The summed E-state index contributed by atoms with van der Waals surface area (Å²) in [4.78, 5) is 35.8. The molecule has 26 heavy (non-hydrogen) atoms. The molecular formula is C18H19Cl2NO5. The van der Waals surface area contributed by atoms with Crippen molar-refractivity contribution in [2.75, 3.05) is 7.11 Å². The molecule has 0 fully saturated rings. The van der Waals surface area contributed by atoms with Gasteiger partial charge in [0.25, 0.3) is 0 Å². The van der Waals surface area contributed by atoms with Crippen molar-refractivity contribution in [2.45, 2.75) is 25.3 Å². The average Bonchev–Trinajstić information content (AvgIpc) is 2.63. The minimum Gasteiger partial charge on any atom is -0.481 e. The molecule has 1 aliphatic rings. The summed E-state index contributed by atoms with van der Waals surface area (Å²) in [5.41, 5.74) is 0.580. The molecule has 0 bridgehead atoms. The third-order valence-electron chi connectivity index (χ3n) is 4.35. The highest BCUT2D eigenvalue weighted by Crippen LogP contribution is 2.30. The lowest BCUT2D eigenvalue weighted by Crippen LogP contribution is -2.41. The first-order valence-electron chi connectivity index (χ1n) is 8.03. The number of carbonyl (C=O) groups is 3. The van der Waals surface area contributed by atoms with E-state index in [4.69, 9.17) is 23.2 Å². The molecule has 0 unspecified atom stereocenters. The number of hydrogen-bond donors (Lipinski definition) is 2. The van der Waals surface area contributed by atoms with Crippen LogP contribution in [0.25, 0.3) is 0 Å². The molecule has 0 radical (unpaired) electrons. The van der Waals surface area contributed by atoms with E-state index in [1.807, 2.05) is 0 Å². The number of carboxylic acids is 1. The minimum absolute atomic E-state index is 0.111. The Hall–Kier alpha value is -2.05. The predicted octanol–water partition coefficient (Wildman–Crippen LogP) is 3.38. The van der Waals surface area contributed by atoms with Crippen molar-refractivity contribution in [1.29, 1.82) is 0 Å². The molecule has 1 aromatic rings. The summed E-state index contributed by atoms with van der Waals surface area (Å²) in [5.74, 6) is -3.47. The van der Waals surface area contributed by atoms with E-state index in [-0.39, 0.29) is 11.4 Å². The number of carbonyl (C=O) groups excluding carboxylic acids is 2. The molecule has 0 heterocycles. The lowest BCUT2D eigenvalue weighted by molar-refractivity contribution is -0.148. The van der Waals surface area contributed by atoms with Crippen LogP contribution in [0, 0.1) is 11.8 Å². The summed E-state index contributed by atoms with van der Waals surface area (Å²) in [6, 6.07) is 4.08. The highest BCUT2D eigenvalue weighted by Gasteiger charge is 2.35. The van der Waals surface area contributed by atoms with Gasteiger partial charge in [-0.25, -0.2) is 0 Å². The number of ether oxygens (including phenoxy) is 1. The van der Waals surface area contributed by atoms with E-state index in [0.717, 1.165) is 0 Å². The second kappa shape index (κ2) is 9.05. The number of carboxylic acid groups (broad SMARTS) is 1. The van der Waals surface area contributed by atoms with Gasteiger partial charge in [-0.1, -0.05) is 41.4 Å². The van der Waals surface area contributed by atoms with Gasteiger partial charge in [0.2, 0.25) is 5.91 Å². The molecule has 2 N–H and O–H groups in total. The fraction of sp³-hybridized carbons (Fsp3) is 0.389. The summed E-state index contributed by atoms with van der Waals surface area (Å²) in [7, 11) is 1.25. The van der Waals surface area contributed by atoms with E-state index in [9.17, 15) is 19.5 Å². The monoisotopic (exact) mass is 399 g/mol. The lowest BCUT2D eigenvalue weighted by atomic mass is 9.82. The second-order valence-corrected chi connectivity index (χ2v) is 6.82. The third-order valence-corrected chi connectivity index (χ3v) is 5.09. The Bertz CT molecular complexity index is 734. The highest BCUT2D eigenvalue weighted by molar-refractivity contribution is 6.42. The van der Waals surface area contributed by atoms with Crippen LogP contribution in [0.4, 0.5) is 0 Å².